The van der Waals surface area contributed by atoms with Crippen LogP contribution in [0.1, 0.15) is 90.5 Å². The van der Waals surface area contributed by atoms with Crippen LogP contribution in [-0.4, -0.2) is 19.0 Å². The van der Waals surface area contributed by atoms with E-state index >= 15 is 0 Å². The van der Waals surface area contributed by atoms with Gasteiger partial charge < -0.3 is 9.53 Å². The summed E-state index contributed by atoms with van der Waals surface area (Å²) in [6, 6.07) is 18.2. The summed E-state index contributed by atoms with van der Waals surface area (Å²) in [4.78, 5) is 0. The zero-order valence-electron chi connectivity index (χ0n) is 23.4. The highest BCUT2D eigenvalue weighted by Crippen LogP contribution is 2.48. The first-order chi connectivity index (χ1) is 15.8. The maximum absolute atomic E-state index is 11.3. The minimum atomic E-state index is -2.52. The Kier molecular flexibility index (Phi) is 7.73. The fourth-order valence-corrected chi connectivity index (χ4v) is 5.41. The lowest BCUT2D eigenvalue weighted by Gasteiger charge is -2.43. The van der Waals surface area contributed by atoms with Crippen LogP contribution in [0.2, 0.25) is 18.1 Å². The third-order valence-corrected chi connectivity index (χ3v) is 11.6. The van der Waals surface area contributed by atoms with E-state index in [4.69, 9.17) is 4.43 Å². The fraction of sp³-hybridized carbons (Fsp3) is 0.533. The molecule has 0 unspecified atom stereocenters. The Morgan fingerprint density at radius 3 is 1.54 bits per heavy atom. The van der Waals surface area contributed by atoms with Gasteiger partial charge in [0, 0.05) is 0 Å². The molecule has 0 saturated carbocycles. The van der Waals surface area contributed by atoms with Crippen LogP contribution >= 0.6 is 0 Å². The molecular weight excluding hydrogens is 448 g/mol. The second kappa shape index (κ2) is 9.45. The van der Waals surface area contributed by atoms with Crippen molar-refractivity contribution in [3.05, 3.63) is 64.7 Å². The Balaban J connectivity index is 3.00. The van der Waals surface area contributed by atoms with Gasteiger partial charge in [-0.25, -0.2) is 0 Å². The molecule has 0 amide bonds. The summed E-state index contributed by atoms with van der Waals surface area (Å²) in [6.45, 7) is 22.8. The predicted molar refractivity (Wildman–Crippen MR) is 146 cm³/mol. The van der Waals surface area contributed by atoms with Crippen LogP contribution in [0.4, 0.5) is 0 Å². The van der Waals surface area contributed by atoms with E-state index in [0.717, 1.165) is 22.3 Å². The van der Waals surface area contributed by atoms with Crippen molar-refractivity contribution in [1.82, 2.24) is 0 Å². The van der Waals surface area contributed by atoms with E-state index in [1.807, 2.05) is 42.5 Å². The molecule has 1 N–H and O–H groups in total. The summed E-state index contributed by atoms with van der Waals surface area (Å²) >= 11 is 0. The van der Waals surface area contributed by atoms with Crippen LogP contribution < -0.4 is 0 Å². The zero-order valence-corrected chi connectivity index (χ0v) is 24.4. The minimum Gasteiger partial charge on any atom is -0.507 e. The number of nitrogens with zero attached hydrogens (tertiary/aromatic N) is 2. The van der Waals surface area contributed by atoms with Gasteiger partial charge in [-0.1, -0.05) is 105 Å². The monoisotopic (exact) mass is 490 g/mol. The van der Waals surface area contributed by atoms with Crippen LogP contribution in [0.25, 0.3) is 0 Å². The predicted octanol–water partition coefficient (Wildman–Crippen LogP) is 7.93. The molecule has 1 atom stereocenters. The summed E-state index contributed by atoms with van der Waals surface area (Å²) in [5.41, 5.74) is 0.792. The topological polar surface area (TPSA) is 77.0 Å². The van der Waals surface area contributed by atoms with E-state index in [1.54, 1.807) is 0 Å². The van der Waals surface area contributed by atoms with Crippen LogP contribution in [-0.2, 0) is 15.3 Å². The number of nitriles is 2. The molecule has 0 saturated heterocycles. The second-order valence-electron chi connectivity index (χ2n) is 13.1. The van der Waals surface area contributed by atoms with Gasteiger partial charge in [-0.15, -0.1) is 0 Å². The summed E-state index contributed by atoms with van der Waals surface area (Å²) in [6.07, 6.45) is 0. The maximum atomic E-state index is 11.3. The first kappa shape index (κ1) is 28.6. The van der Waals surface area contributed by atoms with E-state index in [9.17, 15) is 15.6 Å². The largest absolute Gasteiger partial charge is 0.507 e. The molecule has 4 nitrogen and oxygen atoms in total. The molecule has 0 aliphatic heterocycles. The number of hydrogen-bond acceptors (Lipinski definition) is 4. The smallest absolute Gasteiger partial charge is 0.243 e. The van der Waals surface area contributed by atoms with Gasteiger partial charge in [0.25, 0.3) is 0 Å². The Hall–Kier alpha value is -2.60. The first-order valence-corrected chi connectivity index (χ1v) is 15.2. The molecule has 0 fully saturated rings. The molecule has 0 heterocycles. The molecule has 2 aromatic rings. The van der Waals surface area contributed by atoms with Gasteiger partial charge in [-0.3, -0.25) is 0 Å². The lowest BCUT2D eigenvalue weighted by atomic mass is 9.73. The number of phenols is 1. The highest BCUT2D eigenvalue weighted by molar-refractivity contribution is 6.74. The summed E-state index contributed by atoms with van der Waals surface area (Å²) in [7, 11) is -2.52. The van der Waals surface area contributed by atoms with Crippen LogP contribution in [0, 0.1) is 22.7 Å². The molecule has 2 rings (SSSR count). The fourth-order valence-electron chi connectivity index (χ4n) is 4.09. The van der Waals surface area contributed by atoms with Crippen LogP contribution in [0.3, 0.4) is 0 Å². The molecule has 0 bridgehead atoms. The summed E-state index contributed by atoms with van der Waals surface area (Å²) in [5, 5.41) is 32.3. The lowest BCUT2D eigenvalue weighted by molar-refractivity contribution is 0.147. The third-order valence-electron chi connectivity index (χ3n) is 7.18. The molecule has 0 aromatic heterocycles. The summed E-state index contributed by atoms with van der Waals surface area (Å²) in [5.74, 6) is -0.388. The first-order valence-electron chi connectivity index (χ1n) is 12.3. The third kappa shape index (κ3) is 5.80. The average molecular weight is 491 g/mol. The van der Waals surface area contributed by atoms with Crippen LogP contribution in [0.5, 0.6) is 5.75 Å². The Morgan fingerprint density at radius 1 is 0.771 bits per heavy atom. The number of phenolic OH excluding ortho intramolecular Hbond substituents is 1. The summed E-state index contributed by atoms with van der Waals surface area (Å²) < 4.78 is 6.69. The van der Waals surface area contributed by atoms with E-state index in [2.05, 4.69) is 87.5 Å². The number of aromatic hydroxyl groups is 1. The molecule has 0 aliphatic carbocycles. The molecule has 2 aromatic carbocycles. The lowest BCUT2D eigenvalue weighted by Crippen LogP contribution is -2.51. The van der Waals surface area contributed by atoms with Crippen molar-refractivity contribution in [2.24, 2.45) is 0 Å². The molecule has 0 aliphatic rings. The Bertz CT molecular complexity index is 1090. The highest BCUT2D eigenvalue weighted by Gasteiger charge is 2.51. The van der Waals surface area contributed by atoms with E-state index < -0.39 is 19.8 Å². The van der Waals surface area contributed by atoms with Gasteiger partial charge in [-0.05, 0) is 51.2 Å². The van der Waals surface area contributed by atoms with Crippen molar-refractivity contribution in [2.75, 3.05) is 0 Å². The van der Waals surface area contributed by atoms with Gasteiger partial charge >= 0.3 is 0 Å². The van der Waals surface area contributed by atoms with Gasteiger partial charge in [0.2, 0.25) is 5.60 Å². The molecule has 0 spiro atoms. The standard InChI is InChI=1S/C30H42N2O2Si/c1-27(2,3)23-17-22(18-24(26(23)33)28(4,5)6)25(21-15-13-12-14-16-21)30(19-31,20-32)34-35(10,11)29(7,8)9/h12-18,25,33H,1-11H3/t25-/m0/s1. The second-order valence-corrected chi connectivity index (χ2v) is 17.9. The van der Waals surface area contributed by atoms with Gasteiger partial charge in [-0.2, -0.15) is 10.5 Å². The Labute approximate surface area is 213 Å². The minimum absolute atomic E-state index is 0.185. The maximum Gasteiger partial charge on any atom is 0.243 e. The van der Waals surface area contributed by atoms with Crippen molar-refractivity contribution < 1.29 is 9.53 Å². The number of hydrogen-bond donors (Lipinski definition) is 1. The Morgan fingerprint density at radius 2 is 1.20 bits per heavy atom. The normalized spacial score (nSPS) is 14.2. The molecule has 35 heavy (non-hydrogen) atoms. The van der Waals surface area contributed by atoms with E-state index in [0.29, 0.717) is 0 Å². The van der Waals surface area contributed by atoms with E-state index in [1.165, 1.54) is 0 Å². The molecule has 5 heteroatoms. The van der Waals surface area contributed by atoms with Gasteiger partial charge in [0.15, 0.2) is 8.32 Å². The van der Waals surface area contributed by atoms with Crippen LogP contribution in [0.15, 0.2) is 42.5 Å². The quantitative estimate of drug-likeness (QED) is 0.432. The van der Waals surface area contributed by atoms with Gasteiger partial charge in [0.05, 0.1) is 5.92 Å². The van der Waals surface area contributed by atoms with Crippen molar-refractivity contribution in [1.29, 1.82) is 10.5 Å². The SMILES string of the molecule is CC(C)(C)c1cc([C@H](c2ccccc2)C(C#N)(C#N)O[Si](C)(C)C(C)(C)C)cc(C(C)(C)C)c1O. The highest BCUT2D eigenvalue weighted by atomic mass is 28.4. The van der Waals surface area contributed by atoms with Crippen molar-refractivity contribution in [3.63, 3.8) is 0 Å². The molecular formula is C30H42N2O2Si. The average Bonchev–Trinajstić information content (AvgIpc) is 2.72. The van der Waals surface area contributed by atoms with Crippen molar-refractivity contribution >= 4 is 8.32 Å². The van der Waals surface area contributed by atoms with Gasteiger partial charge in [0.1, 0.15) is 17.9 Å². The van der Waals surface area contributed by atoms with Crippen molar-refractivity contribution in [2.45, 2.75) is 103 Å². The van der Waals surface area contributed by atoms with Crippen molar-refractivity contribution in [3.8, 4) is 17.9 Å². The molecule has 0 radical (unpaired) electrons. The number of benzene rings is 2. The number of rotatable bonds is 5. The van der Waals surface area contributed by atoms with E-state index in [-0.39, 0.29) is 21.6 Å². The zero-order chi connectivity index (χ0) is 27.0. The molecule has 188 valence electrons.